The molecule has 2 heterocycles. The van der Waals surface area contributed by atoms with Crippen LogP contribution < -0.4 is 16.4 Å². The second kappa shape index (κ2) is 8.92. The lowest BCUT2D eigenvalue weighted by atomic mass is 9.97. The fourth-order valence-electron chi connectivity index (χ4n) is 2.97. The number of hydrogen-bond acceptors (Lipinski definition) is 5. The van der Waals surface area contributed by atoms with E-state index in [4.69, 9.17) is 15.2 Å². The normalized spacial score (nSPS) is 23.9. The third-order valence-electron chi connectivity index (χ3n) is 4.18. The molecule has 2 rings (SSSR count). The van der Waals surface area contributed by atoms with Crippen LogP contribution in [0.2, 0.25) is 0 Å². The van der Waals surface area contributed by atoms with Gasteiger partial charge in [0.15, 0.2) is 0 Å². The first-order chi connectivity index (χ1) is 10.7. The van der Waals surface area contributed by atoms with Crippen LogP contribution in [0.4, 0.5) is 4.79 Å². The molecule has 126 valence electrons. The predicted octanol–water partition coefficient (Wildman–Crippen LogP) is -1.10. The summed E-state index contributed by atoms with van der Waals surface area (Å²) in [6.45, 7) is 5.66. The number of nitrogens with zero attached hydrogens (tertiary/aromatic N) is 1. The summed E-state index contributed by atoms with van der Waals surface area (Å²) in [4.78, 5) is 24.8. The highest BCUT2D eigenvalue weighted by atomic mass is 16.5. The first-order valence-electron chi connectivity index (χ1n) is 7.86. The Morgan fingerprint density at radius 2 is 1.95 bits per heavy atom. The summed E-state index contributed by atoms with van der Waals surface area (Å²) in [6.07, 6.45) is 1.26. The van der Waals surface area contributed by atoms with Crippen molar-refractivity contribution in [2.24, 2.45) is 11.7 Å². The Bertz CT molecular complexity index is 368. The molecule has 2 saturated heterocycles. The summed E-state index contributed by atoms with van der Waals surface area (Å²) in [5.74, 6) is 0.369. The molecule has 0 aromatic heterocycles. The molecule has 0 bridgehead atoms. The molecule has 2 fully saturated rings. The largest absolute Gasteiger partial charge is 0.381 e. The standard InChI is InChI=1S/C14H26N4O4/c15-14(20)16-3-1-13(19)17-9-12(11-2-6-22-10-11)18-4-7-21-8-5-18/h11-12H,1-10H2,(H,17,19)(H3,15,16,20)/t11-,12+/m0/s1. The molecule has 3 amide bonds. The van der Waals surface area contributed by atoms with Crippen molar-refractivity contribution in [3.8, 4) is 0 Å². The molecule has 0 aromatic carbocycles. The highest BCUT2D eigenvalue weighted by Crippen LogP contribution is 2.21. The Balaban J connectivity index is 1.78. The number of nitrogens with two attached hydrogens (primary N) is 1. The van der Waals surface area contributed by atoms with Gasteiger partial charge < -0.3 is 25.8 Å². The van der Waals surface area contributed by atoms with Gasteiger partial charge in [-0.25, -0.2) is 4.79 Å². The highest BCUT2D eigenvalue weighted by molar-refractivity contribution is 5.77. The molecule has 8 nitrogen and oxygen atoms in total. The van der Waals surface area contributed by atoms with Crippen molar-refractivity contribution in [3.63, 3.8) is 0 Å². The van der Waals surface area contributed by atoms with E-state index < -0.39 is 6.03 Å². The van der Waals surface area contributed by atoms with E-state index >= 15 is 0 Å². The van der Waals surface area contributed by atoms with E-state index in [1.54, 1.807) is 0 Å². The van der Waals surface area contributed by atoms with Crippen LogP contribution >= 0.6 is 0 Å². The van der Waals surface area contributed by atoms with E-state index in [-0.39, 0.29) is 24.9 Å². The molecule has 0 saturated carbocycles. The van der Waals surface area contributed by atoms with Gasteiger partial charge >= 0.3 is 6.03 Å². The van der Waals surface area contributed by atoms with Crippen LogP contribution in [0.15, 0.2) is 0 Å². The lowest BCUT2D eigenvalue weighted by Crippen LogP contribution is -2.52. The zero-order valence-electron chi connectivity index (χ0n) is 12.9. The van der Waals surface area contributed by atoms with Gasteiger partial charge in [-0.05, 0) is 6.42 Å². The maximum atomic E-state index is 11.8. The number of rotatable bonds is 7. The smallest absolute Gasteiger partial charge is 0.312 e. The average Bonchev–Trinajstić information content (AvgIpc) is 3.02. The quantitative estimate of drug-likeness (QED) is 0.553. The molecule has 0 aromatic rings. The Morgan fingerprint density at radius 1 is 1.18 bits per heavy atom. The van der Waals surface area contributed by atoms with E-state index in [1.807, 2.05) is 0 Å². The minimum absolute atomic E-state index is 0.0778. The SMILES string of the molecule is NC(=O)NCCC(=O)NC[C@H]([C@H]1CCOC1)N1CCOCC1. The van der Waals surface area contributed by atoms with Crippen LogP contribution in [-0.2, 0) is 14.3 Å². The summed E-state index contributed by atoms with van der Waals surface area (Å²) in [5.41, 5.74) is 4.97. The number of carbonyl (C=O) groups excluding carboxylic acids is 2. The molecule has 2 aliphatic heterocycles. The van der Waals surface area contributed by atoms with Gasteiger partial charge in [0.25, 0.3) is 0 Å². The van der Waals surface area contributed by atoms with Gasteiger partial charge in [-0.1, -0.05) is 0 Å². The number of urea groups is 1. The number of morpholine rings is 1. The molecule has 22 heavy (non-hydrogen) atoms. The van der Waals surface area contributed by atoms with Crippen LogP contribution in [0.1, 0.15) is 12.8 Å². The van der Waals surface area contributed by atoms with Gasteiger partial charge in [0.1, 0.15) is 0 Å². The van der Waals surface area contributed by atoms with Crippen LogP contribution in [0, 0.1) is 5.92 Å². The molecule has 0 unspecified atom stereocenters. The summed E-state index contributed by atoms with van der Waals surface area (Å²) in [6, 6.07) is -0.332. The van der Waals surface area contributed by atoms with Crippen molar-refractivity contribution in [1.29, 1.82) is 0 Å². The number of primary amides is 1. The third-order valence-corrected chi connectivity index (χ3v) is 4.18. The minimum atomic E-state index is -0.609. The number of ether oxygens (including phenoxy) is 2. The second-order valence-electron chi connectivity index (χ2n) is 5.68. The topological polar surface area (TPSA) is 106 Å². The molecule has 0 aliphatic carbocycles. The molecule has 0 radical (unpaired) electrons. The predicted molar refractivity (Wildman–Crippen MR) is 80.3 cm³/mol. The van der Waals surface area contributed by atoms with Crippen LogP contribution in [0.25, 0.3) is 0 Å². The molecule has 8 heteroatoms. The first-order valence-corrected chi connectivity index (χ1v) is 7.86. The van der Waals surface area contributed by atoms with Gasteiger partial charge in [0, 0.05) is 51.2 Å². The van der Waals surface area contributed by atoms with Gasteiger partial charge in [-0.15, -0.1) is 0 Å². The lowest BCUT2D eigenvalue weighted by Gasteiger charge is -2.37. The molecule has 0 spiro atoms. The Labute approximate surface area is 130 Å². The number of nitrogens with one attached hydrogen (secondary N) is 2. The number of carbonyl (C=O) groups is 2. The molecular formula is C14H26N4O4. The van der Waals surface area contributed by atoms with E-state index in [0.29, 0.717) is 12.5 Å². The van der Waals surface area contributed by atoms with E-state index in [2.05, 4.69) is 15.5 Å². The van der Waals surface area contributed by atoms with Gasteiger partial charge in [-0.2, -0.15) is 0 Å². The van der Waals surface area contributed by atoms with Crippen LogP contribution in [-0.4, -0.2) is 75.5 Å². The zero-order valence-corrected chi connectivity index (χ0v) is 12.9. The van der Waals surface area contributed by atoms with Crippen molar-refractivity contribution in [2.75, 3.05) is 52.6 Å². The Kier molecular flexibility index (Phi) is 6.88. The van der Waals surface area contributed by atoms with Gasteiger partial charge in [0.2, 0.25) is 5.91 Å². The van der Waals surface area contributed by atoms with Crippen molar-refractivity contribution in [3.05, 3.63) is 0 Å². The van der Waals surface area contributed by atoms with Crippen molar-refractivity contribution < 1.29 is 19.1 Å². The van der Waals surface area contributed by atoms with Gasteiger partial charge in [-0.3, -0.25) is 9.69 Å². The molecule has 4 N–H and O–H groups in total. The fraction of sp³-hybridized carbons (Fsp3) is 0.857. The number of amides is 3. The Morgan fingerprint density at radius 3 is 2.59 bits per heavy atom. The highest BCUT2D eigenvalue weighted by Gasteiger charge is 2.31. The summed E-state index contributed by atoms with van der Waals surface area (Å²) >= 11 is 0. The third kappa shape index (κ3) is 5.43. The minimum Gasteiger partial charge on any atom is -0.381 e. The summed E-state index contributed by atoms with van der Waals surface area (Å²) in [5, 5.41) is 5.38. The maximum absolute atomic E-state index is 11.8. The summed E-state index contributed by atoms with van der Waals surface area (Å²) in [7, 11) is 0. The van der Waals surface area contributed by atoms with E-state index in [9.17, 15) is 9.59 Å². The molecule has 2 atom stereocenters. The lowest BCUT2D eigenvalue weighted by molar-refractivity contribution is -0.121. The van der Waals surface area contributed by atoms with Crippen molar-refractivity contribution in [2.45, 2.75) is 18.9 Å². The molecule has 2 aliphatic rings. The monoisotopic (exact) mass is 314 g/mol. The van der Waals surface area contributed by atoms with Crippen LogP contribution in [0.3, 0.4) is 0 Å². The van der Waals surface area contributed by atoms with Crippen molar-refractivity contribution in [1.82, 2.24) is 15.5 Å². The molecular weight excluding hydrogens is 288 g/mol. The van der Waals surface area contributed by atoms with E-state index in [1.165, 1.54) is 0 Å². The van der Waals surface area contributed by atoms with E-state index in [0.717, 1.165) is 45.9 Å². The maximum Gasteiger partial charge on any atom is 0.312 e. The zero-order chi connectivity index (χ0) is 15.8. The van der Waals surface area contributed by atoms with Gasteiger partial charge in [0.05, 0.1) is 19.8 Å². The number of hydrogen-bond donors (Lipinski definition) is 3. The Hall–Kier alpha value is -1.38. The second-order valence-corrected chi connectivity index (χ2v) is 5.68. The summed E-state index contributed by atoms with van der Waals surface area (Å²) < 4.78 is 10.9. The average molecular weight is 314 g/mol. The first kappa shape index (κ1) is 17.0. The fourth-order valence-corrected chi connectivity index (χ4v) is 2.97. The van der Waals surface area contributed by atoms with Crippen molar-refractivity contribution >= 4 is 11.9 Å². The van der Waals surface area contributed by atoms with Crippen LogP contribution in [0.5, 0.6) is 0 Å².